The van der Waals surface area contributed by atoms with Gasteiger partial charge >= 0.3 is 0 Å². The van der Waals surface area contributed by atoms with Crippen molar-refractivity contribution in [3.63, 3.8) is 0 Å². The lowest BCUT2D eigenvalue weighted by atomic mass is 9.96. The van der Waals surface area contributed by atoms with Crippen LogP contribution >= 0.6 is 0 Å². The third-order valence-electron chi connectivity index (χ3n) is 3.63. The van der Waals surface area contributed by atoms with Gasteiger partial charge in [-0.3, -0.25) is 14.4 Å². The van der Waals surface area contributed by atoms with E-state index in [0.29, 0.717) is 24.0 Å². The summed E-state index contributed by atoms with van der Waals surface area (Å²) in [6.07, 6.45) is 0.597. The Bertz CT molecular complexity index is 527. The molecule has 1 fully saturated rings. The first-order valence-electron chi connectivity index (χ1n) is 6.67. The molecule has 1 saturated heterocycles. The Balaban J connectivity index is 1.80. The van der Waals surface area contributed by atoms with Gasteiger partial charge in [-0.25, -0.2) is 0 Å². The number of amides is 2. The molecule has 3 atom stereocenters. The fraction of sp³-hybridized carbons (Fsp3) is 0.429. The molecule has 1 aromatic rings. The van der Waals surface area contributed by atoms with Crippen LogP contribution in [0.4, 0.5) is 0 Å². The minimum absolute atomic E-state index is 0.200. The van der Waals surface area contributed by atoms with E-state index in [1.165, 1.54) is 0 Å². The molecule has 20 heavy (non-hydrogen) atoms. The smallest absolute Gasteiger partial charge is 0.285 e. The third-order valence-corrected chi connectivity index (χ3v) is 3.63. The molecule has 0 aliphatic carbocycles. The largest absolute Gasteiger partial charge is 0.382 e. The van der Waals surface area contributed by atoms with Gasteiger partial charge in [0.2, 0.25) is 0 Å². The lowest BCUT2D eigenvalue weighted by molar-refractivity contribution is -0.148. The number of hydrogen-bond donors (Lipinski definition) is 0. The molecule has 2 radical (unpaired) electrons. The van der Waals surface area contributed by atoms with Gasteiger partial charge in [0.15, 0.2) is 0 Å². The van der Waals surface area contributed by atoms with Gasteiger partial charge in [0, 0.05) is 6.00 Å². The maximum atomic E-state index is 12.2. The van der Waals surface area contributed by atoms with Crippen molar-refractivity contribution in [3.8, 4) is 0 Å². The van der Waals surface area contributed by atoms with Crippen molar-refractivity contribution in [2.75, 3.05) is 0 Å². The van der Waals surface area contributed by atoms with Crippen LogP contribution in [0, 0.1) is 0 Å². The Labute approximate surface area is 118 Å². The molecule has 0 unspecified atom stereocenters. The molecular weight excluding hydrogens is 257 g/mol. The Hall–Kier alpha value is -1.66. The quantitative estimate of drug-likeness (QED) is 0.613. The number of fused-ring (bicyclic) bond motifs is 1. The van der Waals surface area contributed by atoms with E-state index in [0.717, 1.165) is 5.06 Å². The number of carbonyl (C=O) groups is 2. The summed E-state index contributed by atoms with van der Waals surface area (Å²) in [7, 11) is 5.73. The number of imide groups is 1. The fourth-order valence-corrected chi connectivity index (χ4v) is 2.62. The lowest BCUT2D eigenvalue weighted by Crippen LogP contribution is -2.37. The molecule has 6 heteroatoms. The highest BCUT2D eigenvalue weighted by molar-refractivity contribution is 6.20. The van der Waals surface area contributed by atoms with Crippen molar-refractivity contribution in [1.82, 2.24) is 5.06 Å². The maximum absolute atomic E-state index is 12.2. The molecule has 3 rings (SSSR count). The second kappa shape index (κ2) is 5.03. The molecule has 5 nitrogen and oxygen atoms in total. The summed E-state index contributed by atoms with van der Waals surface area (Å²) in [6, 6.07) is 6.26. The Morgan fingerprint density at radius 1 is 1.30 bits per heavy atom. The zero-order valence-electron chi connectivity index (χ0n) is 11.1. The fourth-order valence-electron chi connectivity index (χ4n) is 2.62. The van der Waals surface area contributed by atoms with Gasteiger partial charge < -0.3 is 4.74 Å². The highest BCUT2D eigenvalue weighted by atomic mass is 16.7. The summed E-state index contributed by atoms with van der Waals surface area (Å²) in [6.45, 7) is 1.95. The van der Waals surface area contributed by atoms with E-state index in [1.54, 1.807) is 24.3 Å². The summed E-state index contributed by atoms with van der Waals surface area (Å²) < 4.78 is 5.48. The highest BCUT2D eigenvalue weighted by Gasteiger charge is 2.41. The van der Waals surface area contributed by atoms with E-state index >= 15 is 0 Å². The first-order valence-corrected chi connectivity index (χ1v) is 6.67. The summed E-state index contributed by atoms with van der Waals surface area (Å²) >= 11 is 0. The molecule has 0 bridgehead atoms. The third kappa shape index (κ3) is 2.05. The van der Waals surface area contributed by atoms with E-state index in [9.17, 15) is 9.59 Å². The second-order valence-electron chi connectivity index (χ2n) is 4.95. The monoisotopic (exact) mass is 271 g/mol. The number of benzene rings is 1. The lowest BCUT2D eigenvalue weighted by Gasteiger charge is -2.22. The summed E-state index contributed by atoms with van der Waals surface area (Å²) in [5, 5.41) is 0.833. The molecule has 0 N–H and O–H groups in total. The van der Waals surface area contributed by atoms with Gasteiger partial charge in [-0.2, -0.15) is 0 Å². The SMILES string of the molecule is [B][C@H]1C[C@@H](ON2C(=O)c3ccccc3C2=O)[C@@H](CC)O1. The Kier molecular flexibility index (Phi) is 3.35. The number of ether oxygens (including phenoxy) is 1. The van der Waals surface area contributed by atoms with Crippen LogP contribution in [-0.2, 0) is 9.57 Å². The van der Waals surface area contributed by atoms with Crippen LogP contribution in [-0.4, -0.2) is 42.9 Å². The number of rotatable bonds is 3. The average molecular weight is 271 g/mol. The normalized spacial score (nSPS) is 29.1. The second-order valence-corrected chi connectivity index (χ2v) is 4.95. The van der Waals surface area contributed by atoms with Crippen molar-refractivity contribution >= 4 is 19.7 Å². The van der Waals surface area contributed by atoms with Gasteiger partial charge in [-0.15, -0.1) is 5.06 Å². The van der Waals surface area contributed by atoms with E-state index < -0.39 is 17.8 Å². The molecule has 0 aromatic heterocycles. The summed E-state index contributed by atoms with van der Waals surface area (Å²) in [5.74, 6) is -0.859. The van der Waals surface area contributed by atoms with Crippen molar-refractivity contribution in [2.24, 2.45) is 0 Å². The van der Waals surface area contributed by atoms with Gasteiger partial charge in [0.05, 0.1) is 17.2 Å². The molecule has 0 spiro atoms. The zero-order chi connectivity index (χ0) is 14.3. The van der Waals surface area contributed by atoms with Crippen LogP contribution in [0.25, 0.3) is 0 Å². The molecule has 102 valence electrons. The topological polar surface area (TPSA) is 55.8 Å². The molecule has 1 aromatic carbocycles. The predicted octanol–water partition coefficient (Wildman–Crippen LogP) is 1.28. The highest BCUT2D eigenvalue weighted by Crippen LogP contribution is 2.29. The van der Waals surface area contributed by atoms with Crippen LogP contribution in [0.3, 0.4) is 0 Å². The Morgan fingerprint density at radius 2 is 1.90 bits per heavy atom. The van der Waals surface area contributed by atoms with Crippen molar-refractivity contribution < 1.29 is 19.2 Å². The zero-order valence-corrected chi connectivity index (χ0v) is 11.1. The number of hydrogen-bond acceptors (Lipinski definition) is 4. The summed E-state index contributed by atoms with van der Waals surface area (Å²) in [5.41, 5.74) is 0.738. The molecule has 2 aliphatic heterocycles. The van der Waals surface area contributed by atoms with Gasteiger partial charge in [0.1, 0.15) is 14.0 Å². The van der Waals surface area contributed by atoms with Crippen LogP contribution < -0.4 is 0 Å². The predicted molar refractivity (Wildman–Crippen MR) is 71.1 cm³/mol. The number of carbonyl (C=O) groups excluding carboxylic acids is 2. The first kappa shape index (κ1) is 13.3. The van der Waals surface area contributed by atoms with E-state index in [-0.39, 0.29) is 12.2 Å². The minimum atomic E-state index is -0.430. The molecule has 2 aliphatic rings. The number of hydroxylamine groups is 2. The van der Waals surface area contributed by atoms with Crippen LogP contribution in [0.15, 0.2) is 24.3 Å². The molecule has 2 heterocycles. The van der Waals surface area contributed by atoms with Crippen LogP contribution in [0.1, 0.15) is 40.5 Å². The molecule has 2 amide bonds. The molecular formula is C14H14BNO4. The standard InChI is InChI=1S/C14H14BNO4/c1-2-10-11(7-12(15)19-10)20-16-13(17)8-5-3-4-6-9(8)14(16)18/h3-6,10-12H,2,7H2,1H3/t10-,11-,12-/m1/s1. The number of nitrogens with zero attached hydrogens (tertiary/aromatic N) is 1. The minimum Gasteiger partial charge on any atom is -0.382 e. The van der Waals surface area contributed by atoms with Gasteiger partial charge in [-0.05, 0) is 25.0 Å². The van der Waals surface area contributed by atoms with E-state index in [2.05, 4.69) is 0 Å². The van der Waals surface area contributed by atoms with Crippen LogP contribution in [0.2, 0.25) is 0 Å². The Morgan fingerprint density at radius 3 is 2.45 bits per heavy atom. The van der Waals surface area contributed by atoms with E-state index in [1.807, 2.05) is 6.92 Å². The van der Waals surface area contributed by atoms with E-state index in [4.69, 9.17) is 17.4 Å². The van der Waals surface area contributed by atoms with Crippen molar-refractivity contribution in [3.05, 3.63) is 35.4 Å². The first-order chi connectivity index (χ1) is 9.61. The molecule has 0 saturated carbocycles. The van der Waals surface area contributed by atoms with Crippen LogP contribution in [0.5, 0.6) is 0 Å². The maximum Gasteiger partial charge on any atom is 0.285 e. The van der Waals surface area contributed by atoms with Gasteiger partial charge in [-0.1, -0.05) is 19.1 Å². The van der Waals surface area contributed by atoms with Crippen molar-refractivity contribution in [2.45, 2.75) is 38.0 Å². The van der Waals surface area contributed by atoms with Gasteiger partial charge in [0.25, 0.3) is 11.8 Å². The summed E-state index contributed by atoms with van der Waals surface area (Å²) in [4.78, 5) is 29.9. The average Bonchev–Trinajstić information content (AvgIpc) is 2.93. The van der Waals surface area contributed by atoms with Crippen molar-refractivity contribution in [1.29, 1.82) is 0 Å².